The van der Waals surface area contributed by atoms with Gasteiger partial charge in [-0.3, -0.25) is 9.48 Å². The van der Waals surface area contributed by atoms with Crippen LogP contribution in [0.1, 0.15) is 12.5 Å². The Morgan fingerprint density at radius 3 is 2.38 bits per heavy atom. The Bertz CT molecular complexity index is 841. The Kier molecular flexibility index (Phi) is 5.38. The molecular weight excluding hydrogens is 354 g/mol. The van der Waals surface area contributed by atoms with E-state index in [-0.39, 0.29) is 11.8 Å². The number of rotatable bonds is 5. The average molecular weight is 377 g/mol. The summed E-state index contributed by atoms with van der Waals surface area (Å²) in [6.45, 7) is 5.62. The summed E-state index contributed by atoms with van der Waals surface area (Å²) in [6.07, 6.45) is 3.02. The Labute approximate surface area is 153 Å². The predicted molar refractivity (Wildman–Crippen MR) is 95.7 cm³/mol. The molecule has 1 saturated heterocycles. The van der Waals surface area contributed by atoms with Gasteiger partial charge in [0, 0.05) is 26.2 Å². The summed E-state index contributed by atoms with van der Waals surface area (Å²) in [5.41, 5.74) is 1.01. The van der Waals surface area contributed by atoms with Gasteiger partial charge in [-0.1, -0.05) is 24.6 Å². The molecule has 0 radical (unpaired) electrons. The van der Waals surface area contributed by atoms with Gasteiger partial charge in [0.2, 0.25) is 15.9 Å². The Morgan fingerprint density at radius 1 is 1.15 bits per heavy atom. The lowest BCUT2D eigenvalue weighted by Gasteiger charge is -2.35. The summed E-state index contributed by atoms with van der Waals surface area (Å²) in [7, 11) is -3.52. The summed E-state index contributed by atoms with van der Waals surface area (Å²) < 4.78 is 28.5. The monoisotopic (exact) mass is 377 g/mol. The van der Waals surface area contributed by atoms with Crippen molar-refractivity contribution in [3.63, 3.8) is 0 Å². The van der Waals surface area contributed by atoms with Crippen LogP contribution in [0.3, 0.4) is 0 Å². The van der Waals surface area contributed by atoms with Crippen molar-refractivity contribution in [3.05, 3.63) is 42.5 Å². The highest BCUT2D eigenvalue weighted by Gasteiger charge is 2.31. The average Bonchev–Trinajstić information content (AvgIpc) is 3.14. The number of sulfonamides is 1. The van der Waals surface area contributed by atoms with Gasteiger partial charge in [0.15, 0.2) is 0 Å². The van der Waals surface area contributed by atoms with E-state index in [0.717, 1.165) is 5.56 Å². The number of piperazine rings is 1. The van der Waals surface area contributed by atoms with E-state index >= 15 is 0 Å². The molecule has 0 unspecified atom stereocenters. The number of amides is 1. The number of hydrogen-bond acceptors (Lipinski definition) is 5. The third-order valence-corrected chi connectivity index (χ3v) is 6.47. The van der Waals surface area contributed by atoms with Crippen molar-refractivity contribution in [2.24, 2.45) is 5.92 Å². The molecule has 1 aliphatic heterocycles. The van der Waals surface area contributed by atoms with Gasteiger partial charge in [-0.25, -0.2) is 13.4 Å². The fraction of sp³-hybridized carbons (Fsp3) is 0.471. The molecule has 1 fully saturated rings. The van der Waals surface area contributed by atoms with Crippen LogP contribution in [0.15, 0.2) is 41.8 Å². The SMILES string of the molecule is Cc1ccc(S(=O)(=O)N2CCN(C(=O)[C@@H](C)Cn3cncn3)CC2)cc1. The molecular formula is C17H23N5O3S. The van der Waals surface area contributed by atoms with Crippen molar-refractivity contribution >= 4 is 15.9 Å². The minimum Gasteiger partial charge on any atom is -0.340 e. The van der Waals surface area contributed by atoms with Crippen molar-refractivity contribution in [2.45, 2.75) is 25.3 Å². The normalized spacial score (nSPS) is 17.2. The van der Waals surface area contributed by atoms with Crippen LogP contribution in [-0.4, -0.2) is 64.5 Å². The van der Waals surface area contributed by atoms with Crippen molar-refractivity contribution < 1.29 is 13.2 Å². The van der Waals surface area contributed by atoms with Gasteiger partial charge in [-0.05, 0) is 19.1 Å². The van der Waals surface area contributed by atoms with E-state index in [2.05, 4.69) is 10.1 Å². The molecule has 1 atom stereocenters. The van der Waals surface area contributed by atoms with Crippen LogP contribution in [0.5, 0.6) is 0 Å². The topological polar surface area (TPSA) is 88.4 Å². The lowest BCUT2D eigenvalue weighted by atomic mass is 10.1. The highest BCUT2D eigenvalue weighted by atomic mass is 32.2. The van der Waals surface area contributed by atoms with E-state index < -0.39 is 10.0 Å². The molecule has 0 saturated carbocycles. The smallest absolute Gasteiger partial charge is 0.243 e. The van der Waals surface area contributed by atoms with Crippen LogP contribution >= 0.6 is 0 Å². The van der Waals surface area contributed by atoms with E-state index in [1.54, 1.807) is 40.2 Å². The van der Waals surface area contributed by atoms with Crippen LogP contribution in [0, 0.1) is 12.8 Å². The molecule has 1 aromatic heterocycles. The van der Waals surface area contributed by atoms with Crippen LogP contribution < -0.4 is 0 Å². The first-order valence-electron chi connectivity index (χ1n) is 8.56. The summed E-state index contributed by atoms with van der Waals surface area (Å²) in [6, 6.07) is 6.84. The second kappa shape index (κ2) is 7.55. The molecule has 9 heteroatoms. The van der Waals surface area contributed by atoms with Crippen molar-refractivity contribution in [3.8, 4) is 0 Å². The fourth-order valence-corrected chi connectivity index (χ4v) is 4.43. The summed E-state index contributed by atoms with van der Waals surface area (Å²) in [5.74, 6) is -0.232. The molecule has 1 amide bonds. The first-order chi connectivity index (χ1) is 12.4. The lowest BCUT2D eigenvalue weighted by molar-refractivity contribution is -0.136. The summed E-state index contributed by atoms with van der Waals surface area (Å²) in [4.78, 5) is 18.5. The molecule has 140 valence electrons. The minimum atomic E-state index is -3.52. The molecule has 0 N–H and O–H groups in total. The van der Waals surface area contributed by atoms with E-state index in [4.69, 9.17) is 0 Å². The second-order valence-corrected chi connectivity index (χ2v) is 8.50. The highest BCUT2D eigenvalue weighted by molar-refractivity contribution is 7.89. The van der Waals surface area contributed by atoms with Gasteiger partial charge < -0.3 is 4.90 Å². The van der Waals surface area contributed by atoms with E-state index in [1.807, 2.05) is 13.8 Å². The first-order valence-corrected chi connectivity index (χ1v) is 10.00. The van der Waals surface area contributed by atoms with Crippen LogP contribution in [-0.2, 0) is 21.4 Å². The van der Waals surface area contributed by atoms with Gasteiger partial charge >= 0.3 is 0 Å². The number of hydrogen-bond donors (Lipinski definition) is 0. The standard InChI is InChI=1S/C17H23N5O3S/c1-14-3-5-16(6-4-14)26(24,25)22-9-7-20(8-10-22)17(23)15(2)11-21-13-18-12-19-21/h3-6,12-13,15H,7-11H2,1-2H3/t15-/m0/s1. The molecule has 0 spiro atoms. The zero-order valence-corrected chi connectivity index (χ0v) is 15.8. The van der Waals surface area contributed by atoms with Crippen molar-refractivity contribution in [2.75, 3.05) is 26.2 Å². The minimum absolute atomic E-state index is 0.00730. The Balaban J connectivity index is 1.59. The maximum atomic E-state index is 12.7. The number of carbonyl (C=O) groups excluding carboxylic acids is 1. The van der Waals surface area contributed by atoms with Gasteiger partial charge in [-0.2, -0.15) is 9.40 Å². The number of nitrogens with zero attached hydrogens (tertiary/aromatic N) is 5. The molecule has 2 heterocycles. The van der Waals surface area contributed by atoms with Gasteiger partial charge in [0.1, 0.15) is 12.7 Å². The maximum Gasteiger partial charge on any atom is 0.243 e. The van der Waals surface area contributed by atoms with Gasteiger partial charge in [-0.15, -0.1) is 0 Å². The largest absolute Gasteiger partial charge is 0.340 e. The molecule has 2 aromatic rings. The zero-order valence-electron chi connectivity index (χ0n) is 14.9. The van der Waals surface area contributed by atoms with Crippen molar-refractivity contribution in [1.29, 1.82) is 0 Å². The van der Waals surface area contributed by atoms with Crippen LogP contribution in [0.2, 0.25) is 0 Å². The molecule has 26 heavy (non-hydrogen) atoms. The van der Waals surface area contributed by atoms with E-state index in [0.29, 0.717) is 37.6 Å². The van der Waals surface area contributed by atoms with Crippen LogP contribution in [0.25, 0.3) is 0 Å². The first kappa shape index (κ1) is 18.5. The highest BCUT2D eigenvalue weighted by Crippen LogP contribution is 2.19. The van der Waals surface area contributed by atoms with E-state index in [1.165, 1.54) is 10.6 Å². The van der Waals surface area contributed by atoms with Crippen LogP contribution in [0.4, 0.5) is 0 Å². The van der Waals surface area contributed by atoms with Crippen molar-refractivity contribution in [1.82, 2.24) is 24.0 Å². The third-order valence-electron chi connectivity index (χ3n) is 4.56. The van der Waals surface area contributed by atoms with Gasteiger partial charge in [0.25, 0.3) is 0 Å². The number of benzene rings is 1. The molecule has 0 bridgehead atoms. The quantitative estimate of drug-likeness (QED) is 0.767. The van der Waals surface area contributed by atoms with Gasteiger partial charge in [0.05, 0.1) is 17.4 Å². The molecule has 8 nitrogen and oxygen atoms in total. The molecule has 0 aliphatic carbocycles. The maximum absolute atomic E-state index is 12.7. The number of aryl methyl sites for hydroxylation is 1. The Hall–Kier alpha value is -2.26. The number of aromatic nitrogens is 3. The lowest BCUT2D eigenvalue weighted by Crippen LogP contribution is -2.51. The Morgan fingerprint density at radius 2 is 1.81 bits per heavy atom. The molecule has 1 aliphatic rings. The molecule has 1 aromatic carbocycles. The fourth-order valence-electron chi connectivity index (χ4n) is 3.01. The second-order valence-electron chi connectivity index (χ2n) is 6.56. The summed E-state index contributed by atoms with van der Waals surface area (Å²) in [5, 5.41) is 4.02. The number of carbonyl (C=O) groups is 1. The molecule has 3 rings (SSSR count). The summed E-state index contributed by atoms with van der Waals surface area (Å²) >= 11 is 0. The third kappa shape index (κ3) is 3.94. The predicted octanol–water partition coefficient (Wildman–Crippen LogP) is 0.756. The zero-order chi connectivity index (χ0) is 18.7. The van der Waals surface area contributed by atoms with E-state index in [9.17, 15) is 13.2 Å².